The molecule has 9 heteroatoms. The quantitative estimate of drug-likeness (QED) is 0.499. The molecular formula is C25H24ClN5O3. The zero-order valence-electron chi connectivity index (χ0n) is 18.6. The Kier molecular flexibility index (Phi) is 5.61. The second-order valence-electron chi connectivity index (χ2n) is 8.99. The Bertz CT molecular complexity index is 1280. The predicted molar refractivity (Wildman–Crippen MR) is 127 cm³/mol. The number of amides is 4. The number of benzene rings is 2. The first-order valence-electron chi connectivity index (χ1n) is 11.2. The Labute approximate surface area is 201 Å². The van der Waals surface area contributed by atoms with Crippen LogP contribution in [0.2, 0.25) is 5.02 Å². The summed E-state index contributed by atoms with van der Waals surface area (Å²) in [4.78, 5) is 34.4. The minimum atomic E-state index is -1.01. The Morgan fingerprint density at radius 3 is 2.53 bits per heavy atom. The van der Waals surface area contributed by atoms with E-state index < -0.39 is 11.6 Å². The molecule has 174 valence electrons. The smallest absolute Gasteiger partial charge is 0.322 e. The summed E-state index contributed by atoms with van der Waals surface area (Å²) in [6, 6.07) is 12.6. The standard InChI is InChI=1S/C17H18N4O2.C8H6ClNO/c1-17(15(22)19-16(23)20-17)14-6-4-12(5-7-14)13-8-18-21(10-13)9-11-2-3-11;9-6-2-1-5-4-10-8(11)7(5)3-6/h4-8,10-11H,2-3,9H2,1H3,(H2,19,20,22,23);1-3H,4H2,(H,10,11)/t17-;/m0./s1. The SMILES string of the molecule is C[C@@]1(c2ccc(-c3cnn(CC4CC4)c3)cc2)NC(=O)NC1=O.O=C1NCc2ccc(Cl)cc21. The molecule has 1 atom stereocenters. The van der Waals surface area contributed by atoms with E-state index in [1.165, 1.54) is 12.8 Å². The highest BCUT2D eigenvalue weighted by Crippen LogP contribution is 2.31. The molecule has 2 aromatic carbocycles. The Balaban J connectivity index is 0.000000183. The normalized spacial score (nSPS) is 20.7. The fourth-order valence-corrected chi connectivity index (χ4v) is 4.28. The zero-order valence-corrected chi connectivity index (χ0v) is 19.4. The van der Waals surface area contributed by atoms with E-state index >= 15 is 0 Å². The van der Waals surface area contributed by atoms with E-state index in [1.54, 1.807) is 19.1 Å². The highest BCUT2D eigenvalue weighted by Gasteiger charge is 2.43. The van der Waals surface area contributed by atoms with Crippen molar-refractivity contribution in [2.75, 3.05) is 0 Å². The van der Waals surface area contributed by atoms with Gasteiger partial charge in [0, 0.05) is 35.4 Å². The van der Waals surface area contributed by atoms with Gasteiger partial charge in [0.25, 0.3) is 11.8 Å². The van der Waals surface area contributed by atoms with Gasteiger partial charge < -0.3 is 10.6 Å². The summed E-state index contributed by atoms with van der Waals surface area (Å²) in [6.07, 6.45) is 6.52. The molecule has 0 unspecified atom stereocenters. The third kappa shape index (κ3) is 4.41. The molecule has 2 fully saturated rings. The molecule has 4 amide bonds. The highest BCUT2D eigenvalue weighted by molar-refractivity contribution is 6.31. The molecule has 1 aliphatic carbocycles. The van der Waals surface area contributed by atoms with Gasteiger partial charge in [-0.1, -0.05) is 41.9 Å². The Morgan fingerprint density at radius 1 is 1.09 bits per heavy atom. The molecule has 1 saturated carbocycles. The number of urea groups is 1. The molecule has 34 heavy (non-hydrogen) atoms. The van der Waals surface area contributed by atoms with Crippen molar-refractivity contribution in [1.29, 1.82) is 0 Å². The minimum Gasteiger partial charge on any atom is -0.348 e. The average Bonchev–Trinajstić information content (AvgIpc) is 3.27. The lowest BCUT2D eigenvalue weighted by Crippen LogP contribution is -2.40. The first kappa shape index (κ1) is 22.2. The van der Waals surface area contributed by atoms with Crippen LogP contribution in [0.25, 0.3) is 11.1 Å². The van der Waals surface area contributed by atoms with Gasteiger partial charge in [0.15, 0.2) is 0 Å². The van der Waals surface area contributed by atoms with Crippen molar-refractivity contribution < 1.29 is 14.4 Å². The van der Waals surface area contributed by atoms with Gasteiger partial charge in [-0.3, -0.25) is 19.6 Å². The number of hydrogen-bond donors (Lipinski definition) is 3. The molecule has 2 aliphatic heterocycles. The van der Waals surface area contributed by atoms with E-state index in [0.717, 1.165) is 34.7 Å². The zero-order chi connectivity index (χ0) is 23.9. The van der Waals surface area contributed by atoms with Crippen LogP contribution in [0, 0.1) is 5.92 Å². The monoisotopic (exact) mass is 477 g/mol. The lowest BCUT2D eigenvalue weighted by atomic mass is 9.91. The third-order valence-electron chi connectivity index (χ3n) is 6.37. The first-order chi connectivity index (χ1) is 16.3. The van der Waals surface area contributed by atoms with Crippen LogP contribution in [-0.4, -0.2) is 27.6 Å². The summed E-state index contributed by atoms with van der Waals surface area (Å²) in [6.45, 7) is 3.32. The Hall–Kier alpha value is -3.65. The fraction of sp³-hybridized carbons (Fsp3) is 0.280. The average molecular weight is 478 g/mol. The highest BCUT2D eigenvalue weighted by atomic mass is 35.5. The van der Waals surface area contributed by atoms with Gasteiger partial charge in [-0.25, -0.2) is 4.79 Å². The number of nitrogens with zero attached hydrogens (tertiary/aromatic N) is 2. The molecule has 0 bridgehead atoms. The van der Waals surface area contributed by atoms with Crippen molar-refractivity contribution >= 4 is 29.4 Å². The van der Waals surface area contributed by atoms with Crippen molar-refractivity contribution in [3.63, 3.8) is 0 Å². The summed E-state index contributed by atoms with van der Waals surface area (Å²) in [5, 5.41) is 12.7. The predicted octanol–water partition coefficient (Wildman–Crippen LogP) is 3.60. The van der Waals surface area contributed by atoms with E-state index in [1.807, 2.05) is 41.2 Å². The minimum absolute atomic E-state index is 0.0255. The van der Waals surface area contributed by atoms with E-state index in [4.69, 9.17) is 11.6 Å². The van der Waals surface area contributed by atoms with Gasteiger partial charge in [-0.2, -0.15) is 5.10 Å². The molecule has 3 heterocycles. The van der Waals surface area contributed by atoms with Crippen LogP contribution in [-0.2, 0) is 23.4 Å². The van der Waals surface area contributed by atoms with Crippen molar-refractivity contribution in [2.24, 2.45) is 5.92 Å². The van der Waals surface area contributed by atoms with Gasteiger partial charge >= 0.3 is 6.03 Å². The number of halogens is 1. The van der Waals surface area contributed by atoms with Crippen LogP contribution in [0.3, 0.4) is 0 Å². The van der Waals surface area contributed by atoms with Crippen LogP contribution in [0.4, 0.5) is 4.79 Å². The summed E-state index contributed by atoms with van der Waals surface area (Å²) in [7, 11) is 0. The number of aromatic nitrogens is 2. The van der Waals surface area contributed by atoms with Crippen molar-refractivity contribution in [3.8, 4) is 11.1 Å². The number of imide groups is 1. The molecule has 3 aliphatic rings. The number of carbonyl (C=O) groups excluding carboxylic acids is 3. The molecule has 1 aromatic heterocycles. The fourth-order valence-electron chi connectivity index (χ4n) is 4.10. The molecule has 0 radical (unpaired) electrons. The van der Waals surface area contributed by atoms with Gasteiger partial charge in [0.1, 0.15) is 5.54 Å². The van der Waals surface area contributed by atoms with Gasteiger partial charge in [0.05, 0.1) is 6.20 Å². The lowest BCUT2D eigenvalue weighted by molar-refractivity contribution is -0.123. The molecule has 3 N–H and O–H groups in total. The van der Waals surface area contributed by atoms with Gasteiger partial charge in [0.2, 0.25) is 0 Å². The van der Waals surface area contributed by atoms with Crippen LogP contribution in [0.15, 0.2) is 54.9 Å². The lowest BCUT2D eigenvalue weighted by Gasteiger charge is -2.21. The maximum Gasteiger partial charge on any atom is 0.322 e. The third-order valence-corrected chi connectivity index (χ3v) is 6.61. The van der Waals surface area contributed by atoms with E-state index in [9.17, 15) is 14.4 Å². The van der Waals surface area contributed by atoms with Crippen LogP contribution >= 0.6 is 11.6 Å². The molecule has 0 spiro atoms. The maximum atomic E-state index is 12.0. The van der Waals surface area contributed by atoms with Crippen molar-refractivity contribution in [2.45, 2.75) is 38.4 Å². The molecule has 6 rings (SSSR count). The number of fused-ring (bicyclic) bond motifs is 1. The number of rotatable bonds is 4. The second-order valence-corrected chi connectivity index (χ2v) is 9.43. The summed E-state index contributed by atoms with van der Waals surface area (Å²) < 4.78 is 1.99. The van der Waals surface area contributed by atoms with Crippen molar-refractivity contribution in [1.82, 2.24) is 25.7 Å². The topological polar surface area (TPSA) is 105 Å². The van der Waals surface area contributed by atoms with Crippen molar-refractivity contribution in [3.05, 3.63) is 76.6 Å². The van der Waals surface area contributed by atoms with Crippen LogP contribution in [0.5, 0.6) is 0 Å². The molecule has 8 nitrogen and oxygen atoms in total. The summed E-state index contributed by atoms with van der Waals surface area (Å²) in [5.41, 5.74) is 3.59. The Morgan fingerprint density at radius 2 is 1.85 bits per heavy atom. The van der Waals surface area contributed by atoms with Crippen LogP contribution < -0.4 is 16.0 Å². The number of hydrogen-bond acceptors (Lipinski definition) is 4. The van der Waals surface area contributed by atoms with E-state index in [0.29, 0.717) is 17.1 Å². The largest absolute Gasteiger partial charge is 0.348 e. The molecule has 1 saturated heterocycles. The van der Waals surface area contributed by atoms with Gasteiger partial charge in [-0.05, 0) is 54.5 Å². The number of nitrogens with one attached hydrogen (secondary N) is 3. The van der Waals surface area contributed by atoms with E-state index in [2.05, 4.69) is 27.2 Å². The summed E-state index contributed by atoms with van der Waals surface area (Å²) >= 11 is 5.71. The summed E-state index contributed by atoms with van der Waals surface area (Å²) in [5.74, 6) is 0.435. The van der Waals surface area contributed by atoms with Gasteiger partial charge in [-0.15, -0.1) is 0 Å². The van der Waals surface area contributed by atoms with E-state index in [-0.39, 0.29) is 11.8 Å². The maximum absolute atomic E-state index is 12.0. The first-order valence-corrected chi connectivity index (χ1v) is 11.5. The second kappa shape index (κ2) is 8.61. The van der Waals surface area contributed by atoms with Crippen LogP contribution in [0.1, 0.15) is 41.3 Å². The number of carbonyl (C=O) groups is 3. The molecular weight excluding hydrogens is 454 g/mol. The molecule has 3 aromatic rings.